The van der Waals surface area contributed by atoms with Gasteiger partial charge in [-0.25, -0.2) is 0 Å². The average Bonchev–Trinajstić information content (AvgIpc) is 2.82. The molecule has 1 amide bonds. The third-order valence-corrected chi connectivity index (χ3v) is 3.95. The Morgan fingerprint density at radius 1 is 1.10 bits per heavy atom. The molecule has 0 unspecified atom stereocenters. The largest absolute Gasteiger partial charge is 0.309 e. The number of hydrogen-bond acceptors (Lipinski definition) is 1. The number of rotatable bonds is 3. The first-order chi connectivity index (χ1) is 9.75. The minimum atomic E-state index is 0.228. The summed E-state index contributed by atoms with van der Waals surface area (Å²) in [5.41, 5.74) is 3.60. The average molecular weight is 265 g/mol. The summed E-state index contributed by atoms with van der Waals surface area (Å²) in [4.78, 5) is 14.5. The van der Waals surface area contributed by atoms with Gasteiger partial charge in [-0.1, -0.05) is 48.5 Å². The number of nitrogens with zero attached hydrogens (tertiary/aromatic N) is 1. The van der Waals surface area contributed by atoms with Crippen molar-refractivity contribution < 1.29 is 4.79 Å². The molecule has 0 fully saturated rings. The minimum Gasteiger partial charge on any atom is -0.309 e. The third kappa shape index (κ3) is 2.46. The molecule has 0 saturated carbocycles. The van der Waals surface area contributed by atoms with Crippen molar-refractivity contribution in [2.24, 2.45) is 0 Å². The van der Waals surface area contributed by atoms with Crippen molar-refractivity contribution in [2.45, 2.75) is 32.2 Å². The van der Waals surface area contributed by atoms with Crippen LogP contribution in [0, 0.1) is 0 Å². The van der Waals surface area contributed by atoms with Crippen LogP contribution in [0.2, 0.25) is 0 Å². The molecule has 0 aliphatic carbocycles. The molecule has 3 rings (SSSR count). The Balaban J connectivity index is 1.71. The van der Waals surface area contributed by atoms with Crippen LogP contribution < -0.4 is 4.90 Å². The van der Waals surface area contributed by atoms with Crippen LogP contribution in [-0.2, 0) is 17.6 Å². The lowest BCUT2D eigenvalue weighted by Crippen LogP contribution is -2.35. The highest BCUT2D eigenvalue weighted by Gasteiger charge is 2.29. The van der Waals surface area contributed by atoms with Crippen LogP contribution in [0.1, 0.15) is 24.5 Å². The summed E-state index contributed by atoms with van der Waals surface area (Å²) in [6.07, 6.45) is 2.35. The van der Waals surface area contributed by atoms with Crippen molar-refractivity contribution in [2.75, 3.05) is 4.90 Å². The molecule has 102 valence electrons. The Labute approximate surface area is 120 Å². The number of benzene rings is 2. The van der Waals surface area contributed by atoms with Gasteiger partial charge in [0.2, 0.25) is 5.91 Å². The third-order valence-electron chi connectivity index (χ3n) is 3.95. The summed E-state index contributed by atoms with van der Waals surface area (Å²) in [5.74, 6) is 0.228. The van der Waals surface area contributed by atoms with Crippen LogP contribution in [0.15, 0.2) is 54.6 Å². The molecule has 0 saturated heterocycles. The Hall–Kier alpha value is -2.09. The lowest BCUT2D eigenvalue weighted by atomic mass is 10.1. The number of carbonyl (C=O) groups excluding carboxylic acids is 1. The SMILES string of the molecule is C[C@H]1Cc2ccccc2N1C(=O)CCc1ccccc1. The molecule has 20 heavy (non-hydrogen) atoms. The van der Waals surface area contributed by atoms with E-state index in [9.17, 15) is 4.79 Å². The van der Waals surface area contributed by atoms with Gasteiger partial charge in [0.25, 0.3) is 0 Å². The number of anilines is 1. The fourth-order valence-electron chi connectivity index (χ4n) is 2.96. The minimum absolute atomic E-state index is 0.228. The predicted molar refractivity (Wildman–Crippen MR) is 81.9 cm³/mol. The fraction of sp³-hybridized carbons (Fsp3) is 0.278. The molecule has 0 aromatic heterocycles. The molecule has 2 heteroatoms. The van der Waals surface area contributed by atoms with E-state index in [0.29, 0.717) is 6.42 Å². The summed E-state index contributed by atoms with van der Waals surface area (Å²) >= 11 is 0. The van der Waals surface area contributed by atoms with E-state index in [2.05, 4.69) is 31.2 Å². The zero-order chi connectivity index (χ0) is 13.9. The van der Waals surface area contributed by atoms with Gasteiger partial charge in [0.15, 0.2) is 0 Å². The fourth-order valence-corrected chi connectivity index (χ4v) is 2.96. The van der Waals surface area contributed by atoms with Crippen molar-refractivity contribution in [3.05, 3.63) is 65.7 Å². The highest BCUT2D eigenvalue weighted by atomic mass is 16.2. The zero-order valence-corrected chi connectivity index (χ0v) is 11.8. The summed E-state index contributed by atoms with van der Waals surface area (Å²) in [5, 5.41) is 0. The Morgan fingerprint density at radius 2 is 1.80 bits per heavy atom. The Bertz CT molecular complexity index is 606. The van der Waals surface area contributed by atoms with Crippen LogP contribution in [0.3, 0.4) is 0 Å². The normalized spacial score (nSPS) is 17.1. The number of para-hydroxylation sites is 1. The second-order valence-corrected chi connectivity index (χ2v) is 5.43. The first-order valence-electron chi connectivity index (χ1n) is 7.19. The summed E-state index contributed by atoms with van der Waals surface area (Å²) in [7, 11) is 0. The molecule has 0 bridgehead atoms. The molecular formula is C18H19NO. The molecule has 2 aromatic rings. The first kappa shape index (κ1) is 12.9. The summed E-state index contributed by atoms with van der Waals surface area (Å²) in [6, 6.07) is 18.7. The monoisotopic (exact) mass is 265 g/mol. The van der Waals surface area contributed by atoms with E-state index in [-0.39, 0.29) is 11.9 Å². The highest BCUT2D eigenvalue weighted by molar-refractivity contribution is 5.96. The standard InChI is InChI=1S/C18H19NO/c1-14-13-16-9-5-6-10-17(16)19(14)18(20)12-11-15-7-3-2-4-8-15/h2-10,14H,11-13H2,1H3/t14-/m0/s1. The van der Waals surface area contributed by atoms with Crippen molar-refractivity contribution in [3.63, 3.8) is 0 Å². The van der Waals surface area contributed by atoms with Crippen LogP contribution in [0.4, 0.5) is 5.69 Å². The smallest absolute Gasteiger partial charge is 0.227 e. The molecule has 1 aliphatic heterocycles. The van der Waals surface area contributed by atoms with E-state index in [1.54, 1.807) is 0 Å². The topological polar surface area (TPSA) is 20.3 Å². The molecule has 1 atom stereocenters. The van der Waals surface area contributed by atoms with Gasteiger partial charge >= 0.3 is 0 Å². The van der Waals surface area contributed by atoms with Crippen molar-refractivity contribution in [1.29, 1.82) is 0 Å². The van der Waals surface area contributed by atoms with Crippen molar-refractivity contribution >= 4 is 11.6 Å². The number of aryl methyl sites for hydroxylation is 1. The Kier molecular flexibility index (Phi) is 3.55. The summed E-state index contributed by atoms with van der Waals surface area (Å²) in [6.45, 7) is 2.13. The van der Waals surface area contributed by atoms with E-state index in [1.807, 2.05) is 35.2 Å². The van der Waals surface area contributed by atoms with E-state index in [1.165, 1.54) is 11.1 Å². The van der Waals surface area contributed by atoms with Crippen molar-refractivity contribution in [1.82, 2.24) is 0 Å². The molecule has 1 aliphatic rings. The predicted octanol–water partition coefficient (Wildman–Crippen LogP) is 3.60. The summed E-state index contributed by atoms with van der Waals surface area (Å²) < 4.78 is 0. The quantitative estimate of drug-likeness (QED) is 0.830. The zero-order valence-electron chi connectivity index (χ0n) is 11.8. The molecule has 2 aromatic carbocycles. The van der Waals surface area contributed by atoms with Gasteiger partial charge in [-0.15, -0.1) is 0 Å². The molecule has 0 spiro atoms. The van der Waals surface area contributed by atoms with E-state index < -0.39 is 0 Å². The Morgan fingerprint density at radius 3 is 2.60 bits per heavy atom. The van der Waals surface area contributed by atoms with E-state index in [0.717, 1.165) is 18.5 Å². The van der Waals surface area contributed by atoms with Gasteiger partial charge in [-0.2, -0.15) is 0 Å². The number of carbonyl (C=O) groups is 1. The van der Waals surface area contributed by atoms with Gasteiger partial charge < -0.3 is 4.90 Å². The number of hydrogen-bond donors (Lipinski definition) is 0. The van der Waals surface area contributed by atoms with Crippen LogP contribution >= 0.6 is 0 Å². The molecule has 2 nitrogen and oxygen atoms in total. The van der Waals surface area contributed by atoms with Crippen LogP contribution in [0.5, 0.6) is 0 Å². The molecule has 0 N–H and O–H groups in total. The van der Waals surface area contributed by atoms with Crippen LogP contribution in [0.25, 0.3) is 0 Å². The van der Waals surface area contributed by atoms with E-state index >= 15 is 0 Å². The van der Waals surface area contributed by atoms with Gasteiger partial charge in [-0.05, 0) is 37.0 Å². The van der Waals surface area contributed by atoms with Crippen molar-refractivity contribution in [3.8, 4) is 0 Å². The second-order valence-electron chi connectivity index (χ2n) is 5.43. The lowest BCUT2D eigenvalue weighted by Gasteiger charge is -2.22. The first-order valence-corrected chi connectivity index (χ1v) is 7.19. The van der Waals surface area contributed by atoms with Gasteiger partial charge in [0.05, 0.1) is 0 Å². The van der Waals surface area contributed by atoms with Gasteiger partial charge in [0.1, 0.15) is 0 Å². The maximum Gasteiger partial charge on any atom is 0.227 e. The maximum atomic E-state index is 12.5. The lowest BCUT2D eigenvalue weighted by molar-refractivity contribution is -0.118. The van der Waals surface area contributed by atoms with Gasteiger partial charge in [0, 0.05) is 18.2 Å². The molecular weight excluding hydrogens is 246 g/mol. The number of fused-ring (bicyclic) bond motifs is 1. The second kappa shape index (κ2) is 5.49. The number of amides is 1. The van der Waals surface area contributed by atoms with E-state index in [4.69, 9.17) is 0 Å². The van der Waals surface area contributed by atoms with Gasteiger partial charge in [-0.3, -0.25) is 4.79 Å². The van der Waals surface area contributed by atoms with Crippen LogP contribution in [-0.4, -0.2) is 11.9 Å². The molecule has 1 heterocycles. The maximum absolute atomic E-state index is 12.5. The highest BCUT2D eigenvalue weighted by Crippen LogP contribution is 2.32. The molecule has 0 radical (unpaired) electrons.